The summed E-state index contributed by atoms with van der Waals surface area (Å²) in [5, 5.41) is 3.18. The van der Waals surface area contributed by atoms with Gasteiger partial charge in [0.1, 0.15) is 0 Å². The zero-order valence-electron chi connectivity index (χ0n) is 13.9. The van der Waals surface area contributed by atoms with Crippen molar-refractivity contribution in [3.05, 3.63) is 35.4 Å². The first kappa shape index (κ1) is 16.1. The van der Waals surface area contributed by atoms with Crippen molar-refractivity contribution in [3.63, 3.8) is 0 Å². The minimum absolute atomic E-state index is 0.129. The largest absolute Gasteiger partial charge is 0.356 e. The highest BCUT2D eigenvalue weighted by atomic mass is 16.1. The van der Waals surface area contributed by atoms with Crippen molar-refractivity contribution in [1.29, 1.82) is 0 Å². The van der Waals surface area contributed by atoms with E-state index < -0.39 is 0 Å². The minimum Gasteiger partial charge on any atom is -0.356 e. The quantitative estimate of drug-likeness (QED) is 0.887. The first-order valence-corrected chi connectivity index (χ1v) is 8.24. The van der Waals surface area contributed by atoms with Gasteiger partial charge in [-0.1, -0.05) is 51.5 Å². The molecule has 0 aliphatic heterocycles. The number of benzene rings is 1. The van der Waals surface area contributed by atoms with E-state index in [1.807, 2.05) is 0 Å². The Bertz CT molecular complexity index is 492. The molecular formula is C19H29NO. The van der Waals surface area contributed by atoms with E-state index in [1.165, 1.54) is 24.0 Å². The number of amides is 1. The van der Waals surface area contributed by atoms with Gasteiger partial charge in [0.25, 0.3) is 0 Å². The van der Waals surface area contributed by atoms with Crippen molar-refractivity contribution in [2.75, 3.05) is 6.54 Å². The molecule has 0 bridgehead atoms. The summed E-state index contributed by atoms with van der Waals surface area (Å²) < 4.78 is 0. The van der Waals surface area contributed by atoms with Crippen LogP contribution in [0.25, 0.3) is 0 Å². The molecule has 2 atom stereocenters. The summed E-state index contributed by atoms with van der Waals surface area (Å²) in [6, 6.07) is 8.40. The molecule has 0 aromatic heterocycles. The summed E-state index contributed by atoms with van der Waals surface area (Å²) >= 11 is 0. The fourth-order valence-electron chi connectivity index (χ4n) is 3.91. The Morgan fingerprint density at radius 2 is 2.05 bits per heavy atom. The lowest BCUT2D eigenvalue weighted by atomic mass is 9.64. The second-order valence-corrected chi connectivity index (χ2v) is 7.30. The highest BCUT2D eigenvalue weighted by Crippen LogP contribution is 2.43. The van der Waals surface area contributed by atoms with Crippen LogP contribution in [0.3, 0.4) is 0 Å². The second kappa shape index (κ2) is 6.64. The lowest BCUT2D eigenvalue weighted by Crippen LogP contribution is -2.45. The Morgan fingerprint density at radius 3 is 2.71 bits per heavy atom. The zero-order chi connectivity index (χ0) is 15.5. The Hall–Kier alpha value is -1.31. The smallest absolute Gasteiger partial charge is 0.223 e. The van der Waals surface area contributed by atoms with Gasteiger partial charge in [-0.3, -0.25) is 4.79 Å². The standard InChI is InChI=1S/C19H29NO/c1-14-8-5-6-10-16(14)11-13-20-18(21)17-15(2)9-7-12-19(17,3)4/h5-6,8,10,15,17H,7,9,11-13H2,1-4H3,(H,20,21). The van der Waals surface area contributed by atoms with Crippen LogP contribution in [0.5, 0.6) is 0 Å². The fourth-order valence-corrected chi connectivity index (χ4v) is 3.91. The molecule has 1 aliphatic rings. The summed E-state index contributed by atoms with van der Waals surface area (Å²) in [6.45, 7) is 9.58. The summed E-state index contributed by atoms with van der Waals surface area (Å²) in [5.41, 5.74) is 2.76. The van der Waals surface area contributed by atoms with E-state index in [2.05, 4.69) is 57.3 Å². The predicted molar refractivity (Wildman–Crippen MR) is 88.2 cm³/mol. The zero-order valence-corrected chi connectivity index (χ0v) is 13.9. The monoisotopic (exact) mass is 287 g/mol. The molecule has 1 saturated carbocycles. The molecule has 1 amide bonds. The van der Waals surface area contributed by atoms with Crippen molar-refractivity contribution in [3.8, 4) is 0 Å². The Balaban J connectivity index is 1.91. The van der Waals surface area contributed by atoms with E-state index in [0.717, 1.165) is 19.4 Å². The van der Waals surface area contributed by atoms with E-state index in [9.17, 15) is 4.79 Å². The van der Waals surface area contributed by atoms with Gasteiger partial charge in [0, 0.05) is 12.5 Å². The van der Waals surface area contributed by atoms with E-state index >= 15 is 0 Å². The van der Waals surface area contributed by atoms with Crippen LogP contribution in [0.4, 0.5) is 0 Å². The van der Waals surface area contributed by atoms with Gasteiger partial charge in [-0.05, 0) is 48.6 Å². The third kappa shape index (κ3) is 3.87. The molecule has 1 aromatic rings. The van der Waals surface area contributed by atoms with Gasteiger partial charge in [-0.2, -0.15) is 0 Å². The van der Waals surface area contributed by atoms with Gasteiger partial charge in [0.05, 0.1) is 0 Å². The molecule has 0 saturated heterocycles. The van der Waals surface area contributed by atoms with Gasteiger partial charge in [0.15, 0.2) is 0 Å². The lowest BCUT2D eigenvalue weighted by molar-refractivity contribution is -0.132. The molecule has 116 valence electrons. The van der Waals surface area contributed by atoms with Crippen molar-refractivity contribution >= 4 is 5.91 Å². The number of nitrogens with one attached hydrogen (secondary N) is 1. The molecule has 0 heterocycles. The lowest BCUT2D eigenvalue weighted by Gasteiger charge is -2.41. The molecule has 2 heteroatoms. The molecule has 1 fully saturated rings. The van der Waals surface area contributed by atoms with Crippen LogP contribution in [-0.4, -0.2) is 12.5 Å². The summed E-state index contributed by atoms with van der Waals surface area (Å²) in [4.78, 5) is 12.6. The van der Waals surface area contributed by atoms with Crippen LogP contribution in [0.1, 0.15) is 51.2 Å². The maximum Gasteiger partial charge on any atom is 0.223 e. The number of hydrogen-bond donors (Lipinski definition) is 1. The predicted octanol–water partition coefficient (Wildman–Crippen LogP) is 4.12. The van der Waals surface area contributed by atoms with Crippen LogP contribution < -0.4 is 5.32 Å². The molecule has 0 radical (unpaired) electrons. The third-order valence-electron chi connectivity index (χ3n) is 5.13. The number of rotatable bonds is 4. The summed E-state index contributed by atoms with van der Waals surface area (Å²) in [5.74, 6) is 0.899. The van der Waals surface area contributed by atoms with Crippen molar-refractivity contribution < 1.29 is 4.79 Å². The highest BCUT2D eigenvalue weighted by molar-refractivity contribution is 5.79. The Morgan fingerprint density at radius 1 is 1.33 bits per heavy atom. The first-order chi connectivity index (χ1) is 9.92. The fraction of sp³-hybridized carbons (Fsp3) is 0.632. The number of carbonyl (C=O) groups excluding carboxylic acids is 1. The topological polar surface area (TPSA) is 29.1 Å². The normalized spacial score (nSPS) is 24.6. The van der Waals surface area contributed by atoms with Gasteiger partial charge in [-0.15, -0.1) is 0 Å². The van der Waals surface area contributed by atoms with Crippen LogP contribution in [-0.2, 0) is 11.2 Å². The Kier molecular flexibility index (Phi) is 5.08. The van der Waals surface area contributed by atoms with Crippen LogP contribution in [0.2, 0.25) is 0 Å². The van der Waals surface area contributed by atoms with Gasteiger partial charge < -0.3 is 5.32 Å². The molecule has 1 aliphatic carbocycles. The first-order valence-electron chi connectivity index (χ1n) is 8.24. The minimum atomic E-state index is 0.129. The molecule has 2 nitrogen and oxygen atoms in total. The van der Waals surface area contributed by atoms with Crippen LogP contribution >= 0.6 is 0 Å². The van der Waals surface area contributed by atoms with Gasteiger partial charge in [0.2, 0.25) is 5.91 Å². The second-order valence-electron chi connectivity index (χ2n) is 7.30. The molecular weight excluding hydrogens is 258 g/mol. The van der Waals surface area contributed by atoms with E-state index in [1.54, 1.807) is 0 Å². The SMILES string of the molecule is Cc1ccccc1CCNC(=O)C1C(C)CCCC1(C)C. The van der Waals surface area contributed by atoms with Gasteiger partial charge >= 0.3 is 0 Å². The molecule has 0 spiro atoms. The third-order valence-corrected chi connectivity index (χ3v) is 5.13. The van der Waals surface area contributed by atoms with Gasteiger partial charge in [-0.25, -0.2) is 0 Å². The molecule has 21 heavy (non-hydrogen) atoms. The maximum absolute atomic E-state index is 12.6. The highest BCUT2D eigenvalue weighted by Gasteiger charge is 2.41. The van der Waals surface area contributed by atoms with E-state index in [0.29, 0.717) is 5.92 Å². The number of carbonyl (C=O) groups is 1. The molecule has 2 unspecified atom stereocenters. The average Bonchev–Trinajstić information content (AvgIpc) is 2.39. The average molecular weight is 287 g/mol. The van der Waals surface area contributed by atoms with Crippen LogP contribution in [0.15, 0.2) is 24.3 Å². The maximum atomic E-state index is 12.6. The summed E-state index contributed by atoms with van der Waals surface area (Å²) in [7, 11) is 0. The molecule has 2 rings (SSSR count). The number of aryl methyl sites for hydroxylation is 1. The Labute approximate surface area is 129 Å². The van der Waals surface area contributed by atoms with Crippen LogP contribution in [0, 0.1) is 24.2 Å². The van der Waals surface area contributed by atoms with Crippen molar-refractivity contribution in [2.45, 2.75) is 53.4 Å². The van der Waals surface area contributed by atoms with E-state index in [4.69, 9.17) is 0 Å². The van der Waals surface area contributed by atoms with E-state index in [-0.39, 0.29) is 17.2 Å². The van der Waals surface area contributed by atoms with Crippen molar-refractivity contribution in [1.82, 2.24) is 5.32 Å². The summed E-state index contributed by atoms with van der Waals surface area (Å²) in [6.07, 6.45) is 4.51. The molecule has 1 N–H and O–H groups in total. The number of hydrogen-bond acceptors (Lipinski definition) is 1. The molecule has 1 aromatic carbocycles. The van der Waals surface area contributed by atoms with Crippen molar-refractivity contribution in [2.24, 2.45) is 17.3 Å².